The van der Waals surface area contributed by atoms with Crippen LogP contribution in [0.3, 0.4) is 0 Å². The van der Waals surface area contributed by atoms with Crippen LogP contribution in [0.2, 0.25) is 0 Å². The molecule has 0 saturated carbocycles. The van der Waals surface area contributed by atoms with Gasteiger partial charge in [-0.25, -0.2) is 0 Å². The van der Waals surface area contributed by atoms with Gasteiger partial charge in [-0.15, -0.1) is 0 Å². The maximum Gasteiger partial charge on any atom is 0.394 e. The first-order valence-corrected chi connectivity index (χ1v) is 9.68. The fraction of sp³-hybridized carbons (Fsp3) is 0.867. The molecule has 8 nitrogen and oxygen atoms in total. The quantitative estimate of drug-likeness (QED) is 0.397. The number of hydrogen-bond donors (Lipinski definition) is 3. The second kappa shape index (κ2) is 18.2. The number of aliphatic carboxylic acids is 1. The lowest BCUT2D eigenvalue weighted by Crippen LogP contribution is -1.93. The van der Waals surface area contributed by atoms with E-state index < -0.39 is 16.4 Å². The summed E-state index contributed by atoms with van der Waals surface area (Å²) < 4.78 is 36.2. The summed E-state index contributed by atoms with van der Waals surface area (Å²) in [5.41, 5.74) is 0. The standard InChI is InChI=1S/C12H24O2.C3H5NO.H2O4S/c1-2-3-4-5-6-7-8-9-10-11-12(13)14;1-2-5-3-4-1;1-5(2,3)4/h2-11H2,1H3,(H,13,14);3H,1-2H2;(H2,1,2,3,4). The number of carbonyl (C=O) groups is 1. The molecule has 0 aromatic carbocycles. The number of hydrogen-bond acceptors (Lipinski definition) is 5. The average molecular weight is 369 g/mol. The van der Waals surface area contributed by atoms with Crippen LogP contribution in [0, 0.1) is 0 Å². The number of rotatable bonds is 10. The first-order valence-electron chi connectivity index (χ1n) is 8.29. The highest BCUT2D eigenvalue weighted by atomic mass is 32.3. The van der Waals surface area contributed by atoms with Crippen molar-refractivity contribution in [2.45, 2.75) is 71.1 Å². The zero-order chi connectivity index (χ0) is 18.7. The molecule has 1 rings (SSSR count). The predicted molar refractivity (Wildman–Crippen MR) is 93.0 cm³/mol. The molecule has 0 radical (unpaired) electrons. The molecule has 24 heavy (non-hydrogen) atoms. The van der Waals surface area contributed by atoms with Gasteiger partial charge in [0.2, 0.25) is 0 Å². The van der Waals surface area contributed by atoms with Crippen molar-refractivity contribution in [1.82, 2.24) is 0 Å². The van der Waals surface area contributed by atoms with Crippen LogP contribution in [-0.4, -0.2) is 48.2 Å². The number of ether oxygens (including phenoxy) is 1. The lowest BCUT2D eigenvalue weighted by atomic mass is 10.1. The summed E-state index contributed by atoms with van der Waals surface area (Å²) in [6.07, 6.45) is 13.0. The Morgan fingerprint density at radius 2 is 1.50 bits per heavy atom. The Hall–Kier alpha value is -1.19. The molecule has 0 bridgehead atoms. The van der Waals surface area contributed by atoms with Gasteiger partial charge in [-0.2, -0.15) is 8.42 Å². The highest BCUT2D eigenvalue weighted by Crippen LogP contribution is 2.10. The largest absolute Gasteiger partial charge is 0.482 e. The topological polar surface area (TPSA) is 133 Å². The Labute approximate surface area is 144 Å². The van der Waals surface area contributed by atoms with E-state index in [1.807, 2.05) is 0 Å². The smallest absolute Gasteiger partial charge is 0.394 e. The molecule has 3 N–H and O–H groups in total. The number of carboxylic acids is 1. The molecule has 0 saturated heterocycles. The fourth-order valence-electron chi connectivity index (χ4n) is 1.85. The lowest BCUT2D eigenvalue weighted by Gasteiger charge is -2.00. The Morgan fingerprint density at radius 1 is 1.04 bits per heavy atom. The number of carboxylic acid groups (broad SMARTS) is 1. The SMILES string of the molecule is C1=NCCO1.CCCCCCCCCCCC(=O)O.O=S(=O)(O)O. The molecular weight excluding hydrogens is 338 g/mol. The third-order valence-corrected chi connectivity index (χ3v) is 2.98. The van der Waals surface area contributed by atoms with Gasteiger partial charge in [0.15, 0.2) is 6.40 Å². The highest BCUT2D eigenvalue weighted by Gasteiger charge is 1.96. The molecule has 144 valence electrons. The molecule has 1 aliphatic rings. The van der Waals surface area contributed by atoms with E-state index in [0.717, 1.165) is 26.0 Å². The van der Waals surface area contributed by atoms with Gasteiger partial charge in [0, 0.05) is 6.42 Å². The highest BCUT2D eigenvalue weighted by molar-refractivity contribution is 7.79. The number of aliphatic imine (C=N–C) groups is 1. The minimum absolute atomic E-state index is 0.343. The average Bonchev–Trinajstić information content (AvgIpc) is 3.03. The van der Waals surface area contributed by atoms with Crippen LogP contribution in [0.4, 0.5) is 0 Å². The van der Waals surface area contributed by atoms with Crippen molar-refractivity contribution >= 4 is 22.8 Å². The summed E-state index contributed by atoms with van der Waals surface area (Å²) in [4.78, 5) is 13.9. The normalized spacial score (nSPS) is 12.5. The van der Waals surface area contributed by atoms with Crippen LogP contribution in [-0.2, 0) is 19.9 Å². The molecule has 0 unspecified atom stereocenters. The molecule has 0 atom stereocenters. The van der Waals surface area contributed by atoms with Gasteiger partial charge in [-0.1, -0.05) is 58.3 Å². The third kappa shape index (κ3) is 37.2. The molecule has 0 fully saturated rings. The van der Waals surface area contributed by atoms with E-state index in [4.69, 9.17) is 22.6 Å². The van der Waals surface area contributed by atoms with Crippen LogP contribution in [0.15, 0.2) is 4.99 Å². The first kappa shape index (κ1) is 25.1. The van der Waals surface area contributed by atoms with E-state index in [9.17, 15) is 4.79 Å². The van der Waals surface area contributed by atoms with E-state index >= 15 is 0 Å². The van der Waals surface area contributed by atoms with E-state index in [1.54, 1.807) is 0 Å². The van der Waals surface area contributed by atoms with Gasteiger partial charge < -0.3 is 9.84 Å². The van der Waals surface area contributed by atoms with Crippen LogP contribution in [0.5, 0.6) is 0 Å². The fourth-order valence-corrected chi connectivity index (χ4v) is 1.85. The molecule has 0 aliphatic carbocycles. The van der Waals surface area contributed by atoms with Crippen LogP contribution in [0.25, 0.3) is 0 Å². The second-order valence-corrected chi connectivity index (χ2v) is 6.20. The Bertz CT molecular complexity index is 396. The first-order chi connectivity index (χ1) is 11.3. The van der Waals surface area contributed by atoms with Crippen molar-refractivity contribution in [3.63, 3.8) is 0 Å². The summed E-state index contributed by atoms with van der Waals surface area (Å²) >= 11 is 0. The number of unbranched alkanes of at least 4 members (excludes halogenated alkanes) is 8. The predicted octanol–water partition coefficient (Wildman–Crippen LogP) is 3.38. The van der Waals surface area contributed by atoms with Gasteiger partial charge in [0.05, 0.1) is 6.54 Å². The van der Waals surface area contributed by atoms with Crippen LogP contribution >= 0.6 is 0 Å². The van der Waals surface area contributed by atoms with Crippen LogP contribution in [0.1, 0.15) is 71.1 Å². The molecule has 0 spiro atoms. The van der Waals surface area contributed by atoms with E-state index in [-0.39, 0.29) is 0 Å². The Balaban J connectivity index is 0. The van der Waals surface area contributed by atoms with E-state index in [2.05, 4.69) is 16.7 Å². The molecule has 1 aliphatic heterocycles. The molecule has 0 aromatic rings. The zero-order valence-electron chi connectivity index (χ0n) is 14.4. The maximum atomic E-state index is 10.2. The molecule has 0 aromatic heterocycles. The van der Waals surface area contributed by atoms with Crippen molar-refractivity contribution in [2.75, 3.05) is 13.2 Å². The Morgan fingerprint density at radius 3 is 1.79 bits per heavy atom. The van der Waals surface area contributed by atoms with Gasteiger partial charge in [0.1, 0.15) is 6.61 Å². The second-order valence-electron chi connectivity index (χ2n) is 5.30. The summed E-state index contributed by atoms with van der Waals surface area (Å²) in [6.45, 7) is 3.85. The summed E-state index contributed by atoms with van der Waals surface area (Å²) in [7, 11) is -4.67. The lowest BCUT2D eigenvalue weighted by molar-refractivity contribution is -0.137. The number of nitrogens with zero attached hydrogens (tertiary/aromatic N) is 1. The molecule has 1 heterocycles. The minimum atomic E-state index is -4.67. The van der Waals surface area contributed by atoms with Gasteiger partial charge in [-0.05, 0) is 6.42 Å². The zero-order valence-corrected chi connectivity index (χ0v) is 15.2. The van der Waals surface area contributed by atoms with Crippen molar-refractivity contribution < 1.29 is 32.2 Å². The summed E-state index contributed by atoms with van der Waals surface area (Å²) in [6, 6.07) is 0. The maximum absolute atomic E-state index is 10.2. The van der Waals surface area contributed by atoms with Gasteiger partial charge in [0.25, 0.3) is 0 Å². The monoisotopic (exact) mass is 369 g/mol. The summed E-state index contributed by atoms with van der Waals surface area (Å²) in [5, 5.41) is 8.41. The Kier molecular flexibility index (Phi) is 19.0. The third-order valence-electron chi connectivity index (χ3n) is 2.98. The van der Waals surface area contributed by atoms with Crippen molar-refractivity contribution in [2.24, 2.45) is 4.99 Å². The van der Waals surface area contributed by atoms with E-state index in [0.29, 0.717) is 6.42 Å². The van der Waals surface area contributed by atoms with Crippen molar-refractivity contribution in [3.8, 4) is 0 Å². The van der Waals surface area contributed by atoms with Gasteiger partial charge in [-0.3, -0.25) is 18.9 Å². The van der Waals surface area contributed by atoms with Gasteiger partial charge >= 0.3 is 16.4 Å². The molecule has 9 heteroatoms. The summed E-state index contributed by atoms with van der Waals surface area (Å²) in [5.74, 6) is -0.659. The van der Waals surface area contributed by atoms with Crippen molar-refractivity contribution in [3.05, 3.63) is 0 Å². The molecular formula is C15H31NO7S. The minimum Gasteiger partial charge on any atom is -0.482 e. The molecule has 0 amide bonds. The van der Waals surface area contributed by atoms with Crippen molar-refractivity contribution in [1.29, 1.82) is 0 Å². The van der Waals surface area contributed by atoms with Crippen LogP contribution < -0.4 is 0 Å². The van der Waals surface area contributed by atoms with E-state index in [1.165, 1.54) is 51.3 Å².